The highest BCUT2D eigenvalue weighted by Crippen LogP contribution is 2.24. The van der Waals surface area contributed by atoms with Gasteiger partial charge in [0.2, 0.25) is 0 Å². The van der Waals surface area contributed by atoms with E-state index in [0.717, 1.165) is 5.56 Å². The lowest BCUT2D eigenvalue weighted by atomic mass is 9.94. The Hall–Kier alpha value is -3.21. The van der Waals surface area contributed by atoms with Crippen molar-refractivity contribution in [2.75, 3.05) is 0 Å². The Morgan fingerprint density at radius 3 is 1.88 bits per heavy atom. The van der Waals surface area contributed by atoms with Gasteiger partial charge in [0.25, 0.3) is 0 Å². The molecule has 0 aliphatic carbocycles. The van der Waals surface area contributed by atoms with Gasteiger partial charge in [-0.25, -0.2) is 9.59 Å². The van der Waals surface area contributed by atoms with Crippen molar-refractivity contribution in [1.29, 1.82) is 0 Å². The second-order valence-corrected chi connectivity index (χ2v) is 5.30. The first kappa shape index (κ1) is 17.1. The molecule has 0 fully saturated rings. The van der Waals surface area contributed by atoms with Gasteiger partial charge in [-0.05, 0) is 12.5 Å². The molecule has 0 unspecified atom stereocenters. The molecule has 24 heavy (non-hydrogen) atoms. The molecule has 0 saturated heterocycles. The number of carboxylic acid groups (broad SMARTS) is 2. The van der Waals surface area contributed by atoms with Crippen molar-refractivity contribution in [3.8, 4) is 0 Å². The fourth-order valence-electron chi connectivity index (χ4n) is 2.30. The average molecular weight is 324 g/mol. The minimum atomic E-state index is -1.42. The molecule has 0 bridgehead atoms. The molecule has 0 aromatic heterocycles. The molecular formula is C19H16O5. The Morgan fingerprint density at radius 1 is 0.792 bits per heavy atom. The molecule has 5 heteroatoms. The summed E-state index contributed by atoms with van der Waals surface area (Å²) in [6, 6.07) is 14.6. The number of aryl methyl sites for hydroxylation is 1. The van der Waals surface area contributed by atoms with Crippen LogP contribution in [0.3, 0.4) is 0 Å². The Labute approximate surface area is 138 Å². The van der Waals surface area contributed by atoms with E-state index in [1.54, 1.807) is 42.5 Å². The lowest BCUT2D eigenvalue weighted by Crippen LogP contribution is -2.14. The molecule has 2 aromatic rings. The van der Waals surface area contributed by atoms with Gasteiger partial charge in [0.05, 0.1) is 11.1 Å². The minimum Gasteiger partial charge on any atom is -0.478 e. The summed E-state index contributed by atoms with van der Waals surface area (Å²) in [6.07, 6.45) is -0.491. The van der Waals surface area contributed by atoms with Gasteiger partial charge in [-0.2, -0.15) is 0 Å². The van der Waals surface area contributed by atoms with E-state index in [2.05, 4.69) is 0 Å². The van der Waals surface area contributed by atoms with Gasteiger partial charge in [-0.3, -0.25) is 4.79 Å². The number of Topliss-reactive ketones (excluding diaryl/α,β-unsaturated/α-hetero) is 1. The van der Waals surface area contributed by atoms with Crippen LogP contribution in [0.5, 0.6) is 0 Å². The summed E-state index contributed by atoms with van der Waals surface area (Å²) in [6.45, 7) is 1.84. The molecule has 122 valence electrons. The number of carbonyl (C=O) groups is 3. The Bertz CT molecular complexity index is 801. The van der Waals surface area contributed by atoms with E-state index >= 15 is 0 Å². The first-order valence-corrected chi connectivity index (χ1v) is 7.25. The third-order valence-corrected chi connectivity index (χ3v) is 3.55. The Morgan fingerprint density at radius 2 is 1.38 bits per heavy atom. The summed E-state index contributed by atoms with van der Waals surface area (Å²) in [5.41, 5.74) is 0.712. The first-order valence-electron chi connectivity index (χ1n) is 7.25. The Kier molecular flexibility index (Phi) is 5.27. The fraction of sp³-hybridized carbons (Fsp3) is 0.105. The smallest absolute Gasteiger partial charge is 0.336 e. The summed E-state index contributed by atoms with van der Waals surface area (Å²) < 4.78 is 0. The van der Waals surface area contributed by atoms with Crippen molar-refractivity contribution in [3.05, 3.63) is 76.9 Å². The lowest BCUT2D eigenvalue weighted by Gasteiger charge is -2.09. The van der Waals surface area contributed by atoms with Crippen LogP contribution >= 0.6 is 0 Å². The largest absolute Gasteiger partial charge is 0.478 e. The average Bonchev–Trinajstić information content (AvgIpc) is 2.56. The maximum atomic E-state index is 12.3. The number of rotatable bonds is 6. The molecule has 0 heterocycles. The number of hydrogen-bond acceptors (Lipinski definition) is 3. The number of benzene rings is 2. The van der Waals surface area contributed by atoms with Gasteiger partial charge >= 0.3 is 11.9 Å². The predicted octanol–water partition coefficient (Wildman–Crippen LogP) is 3.19. The van der Waals surface area contributed by atoms with Gasteiger partial charge in [0, 0.05) is 12.0 Å². The van der Waals surface area contributed by atoms with Gasteiger partial charge in [0.15, 0.2) is 5.78 Å². The quantitative estimate of drug-likeness (QED) is 0.629. The van der Waals surface area contributed by atoms with Crippen LogP contribution in [0.15, 0.2) is 60.2 Å². The lowest BCUT2D eigenvalue weighted by molar-refractivity contribution is -0.134. The van der Waals surface area contributed by atoms with Crippen LogP contribution in [0.1, 0.15) is 27.9 Å². The molecule has 0 radical (unpaired) electrons. The fourth-order valence-corrected chi connectivity index (χ4v) is 2.30. The first-order chi connectivity index (χ1) is 11.4. The summed E-state index contributed by atoms with van der Waals surface area (Å²) >= 11 is 0. The topological polar surface area (TPSA) is 91.7 Å². The molecule has 2 aromatic carbocycles. The van der Waals surface area contributed by atoms with E-state index in [-0.39, 0.29) is 11.1 Å². The third-order valence-electron chi connectivity index (χ3n) is 3.55. The zero-order valence-corrected chi connectivity index (χ0v) is 13.0. The standard InChI is InChI=1S/C19H16O5/c1-12-7-9-14(10-8-12)17(19(23)24)15(18(21)22)11-16(20)13-5-3-2-4-6-13/h2-10H,11H2,1H3,(H,21,22)(H,23,24)/b17-15+. The van der Waals surface area contributed by atoms with Gasteiger partial charge < -0.3 is 10.2 Å². The van der Waals surface area contributed by atoms with E-state index in [4.69, 9.17) is 0 Å². The van der Waals surface area contributed by atoms with Crippen LogP contribution in [0.2, 0.25) is 0 Å². The van der Waals surface area contributed by atoms with Crippen LogP contribution < -0.4 is 0 Å². The van der Waals surface area contributed by atoms with Gasteiger partial charge in [0.1, 0.15) is 0 Å². The van der Waals surface area contributed by atoms with Crippen molar-refractivity contribution in [3.63, 3.8) is 0 Å². The highest BCUT2D eigenvalue weighted by molar-refractivity contribution is 6.23. The molecule has 2 N–H and O–H groups in total. The van der Waals surface area contributed by atoms with Crippen LogP contribution in [0.4, 0.5) is 0 Å². The second kappa shape index (κ2) is 7.37. The van der Waals surface area contributed by atoms with Crippen molar-refractivity contribution in [2.24, 2.45) is 0 Å². The van der Waals surface area contributed by atoms with Crippen molar-refractivity contribution < 1.29 is 24.6 Å². The van der Waals surface area contributed by atoms with Crippen molar-refractivity contribution in [2.45, 2.75) is 13.3 Å². The number of hydrogen-bond donors (Lipinski definition) is 2. The Balaban J connectivity index is 2.50. The van der Waals surface area contributed by atoms with E-state index in [1.807, 2.05) is 6.92 Å². The number of carbonyl (C=O) groups excluding carboxylic acids is 1. The van der Waals surface area contributed by atoms with E-state index in [1.165, 1.54) is 12.1 Å². The monoisotopic (exact) mass is 324 g/mol. The maximum absolute atomic E-state index is 12.3. The van der Waals surface area contributed by atoms with Crippen molar-refractivity contribution >= 4 is 23.3 Å². The number of ketones is 1. The molecule has 2 rings (SSSR count). The summed E-state index contributed by atoms with van der Waals surface area (Å²) in [7, 11) is 0. The SMILES string of the molecule is Cc1ccc(/C(C(=O)O)=C(/CC(=O)c2ccccc2)C(=O)O)cc1. The zero-order valence-electron chi connectivity index (χ0n) is 13.0. The predicted molar refractivity (Wildman–Crippen MR) is 88.8 cm³/mol. The van der Waals surface area contributed by atoms with E-state index in [0.29, 0.717) is 5.56 Å². The molecule has 0 atom stereocenters. The minimum absolute atomic E-state index is 0.256. The molecular weight excluding hydrogens is 308 g/mol. The molecule has 0 aliphatic heterocycles. The third kappa shape index (κ3) is 3.95. The van der Waals surface area contributed by atoms with Crippen LogP contribution in [-0.2, 0) is 9.59 Å². The normalized spacial score (nSPS) is 11.5. The molecule has 0 aliphatic rings. The van der Waals surface area contributed by atoms with Crippen molar-refractivity contribution in [1.82, 2.24) is 0 Å². The summed E-state index contributed by atoms with van der Waals surface area (Å²) in [4.78, 5) is 35.5. The summed E-state index contributed by atoms with van der Waals surface area (Å²) in [5.74, 6) is -3.24. The maximum Gasteiger partial charge on any atom is 0.336 e. The number of aliphatic carboxylic acids is 2. The molecule has 0 spiro atoms. The van der Waals surface area contributed by atoms with E-state index < -0.39 is 29.7 Å². The second-order valence-electron chi connectivity index (χ2n) is 5.30. The van der Waals surface area contributed by atoms with Crippen LogP contribution in [0.25, 0.3) is 5.57 Å². The van der Waals surface area contributed by atoms with Crippen LogP contribution in [-0.4, -0.2) is 27.9 Å². The molecule has 5 nitrogen and oxygen atoms in total. The van der Waals surface area contributed by atoms with Crippen LogP contribution in [0, 0.1) is 6.92 Å². The number of carboxylic acids is 2. The highest BCUT2D eigenvalue weighted by Gasteiger charge is 2.24. The van der Waals surface area contributed by atoms with Gasteiger partial charge in [-0.15, -0.1) is 0 Å². The van der Waals surface area contributed by atoms with Gasteiger partial charge in [-0.1, -0.05) is 60.2 Å². The zero-order chi connectivity index (χ0) is 17.7. The summed E-state index contributed by atoms with van der Waals surface area (Å²) in [5, 5.41) is 18.9. The van der Waals surface area contributed by atoms with E-state index in [9.17, 15) is 24.6 Å². The molecule has 0 saturated carbocycles. The highest BCUT2D eigenvalue weighted by atomic mass is 16.4. The molecule has 0 amide bonds.